The lowest BCUT2D eigenvalue weighted by Gasteiger charge is -2.18. The Bertz CT molecular complexity index is 916. The van der Waals surface area contributed by atoms with Crippen LogP contribution in [0.1, 0.15) is 28.8 Å². The first kappa shape index (κ1) is 17.1. The highest BCUT2D eigenvalue weighted by molar-refractivity contribution is 7.15. The third-order valence-electron chi connectivity index (χ3n) is 4.66. The molecule has 3 aromatic rings. The van der Waals surface area contributed by atoms with Crippen molar-refractivity contribution in [1.82, 2.24) is 15.1 Å². The second kappa shape index (κ2) is 7.13. The second-order valence-corrected chi connectivity index (χ2v) is 7.98. The van der Waals surface area contributed by atoms with E-state index < -0.39 is 0 Å². The van der Waals surface area contributed by atoms with Gasteiger partial charge in [0.05, 0.1) is 5.69 Å². The van der Waals surface area contributed by atoms with E-state index in [0.29, 0.717) is 12.4 Å². The van der Waals surface area contributed by atoms with Crippen LogP contribution in [0.15, 0.2) is 30.3 Å². The molecule has 0 saturated heterocycles. The quantitative estimate of drug-likeness (QED) is 0.727. The van der Waals surface area contributed by atoms with Gasteiger partial charge in [-0.3, -0.25) is 10.00 Å². The highest BCUT2D eigenvalue weighted by Crippen LogP contribution is 2.39. The lowest BCUT2D eigenvalue weighted by molar-refractivity contribution is 0.215. The number of benzene rings is 1. The van der Waals surface area contributed by atoms with Gasteiger partial charge in [0.2, 0.25) is 0 Å². The van der Waals surface area contributed by atoms with Crippen LogP contribution in [-0.4, -0.2) is 33.4 Å². The van der Waals surface area contributed by atoms with Crippen molar-refractivity contribution in [3.63, 3.8) is 0 Å². The maximum atomic E-state index is 10.5. The van der Waals surface area contributed by atoms with Crippen molar-refractivity contribution in [3.05, 3.63) is 52.2 Å². The smallest absolute Gasteiger partial charge is 0.165 e. The monoisotopic (exact) mass is 369 g/mol. The summed E-state index contributed by atoms with van der Waals surface area (Å²) < 4.78 is 5.86. The summed E-state index contributed by atoms with van der Waals surface area (Å²) in [4.78, 5) is 4.75. The Morgan fingerprint density at radius 3 is 2.92 bits per heavy atom. The Balaban J connectivity index is 1.61. The maximum Gasteiger partial charge on any atom is 0.165 e. The molecule has 0 atom stereocenters. The van der Waals surface area contributed by atoms with Crippen molar-refractivity contribution < 1.29 is 9.84 Å². The molecule has 0 amide bonds. The van der Waals surface area contributed by atoms with Crippen LogP contribution >= 0.6 is 11.3 Å². The third kappa shape index (κ3) is 3.48. The van der Waals surface area contributed by atoms with Crippen molar-refractivity contribution in [2.24, 2.45) is 0 Å². The molecule has 0 unspecified atom stereocenters. The van der Waals surface area contributed by atoms with Gasteiger partial charge < -0.3 is 9.84 Å². The topological polar surface area (TPSA) is 61.4 Å². The van der Waals surface area contributed by atoms with Crippen LogP contribution in [0.25, 0.3) is 10.4 Å². The molecule has 136 valence electrons. The van der Waals surface area contributed by atoms with E-state index >= 15 is 0 Å². The highest BCUT2D eigenvalue weighted by Gasteiger charge is 2.20. The van der Waals surface area contributed by atoms with Crippen LogP contribution in [-0.2, 0) is 19.5 Å². The second-order valence-electron chi connectivity index (χ2n) is 6.69. The number of hydrogen-bond donors (Lipinski definition) is 2. The number of rotatable bonds is 4. The molecule has 26 heavy (non-hydrogen) atoms. The normalized spacial score (nSPS) is 14.7. The number of ether oxygens (including phenoxy) is 1. The molecule has 2 aromatic heterocycles. The SMILES string of the molecule is CCc1cc(CN2CCOc3c(O)cc(-c4ccc(C)s4)cc3C2)[nH]n1. The first-order valence-electron chi connectivity index (χ1n) is 8.93. The van der Waals surface area contributed by atoms with Crippen molar-refractivity contribution in [1.29, 1.82) is 0 Å². The fraction of sp³-hybridized carbons (Fsp3) is 0.350. The molecule has 1 aliphatic heterocycles. The molecule has 2 N–H and O–H groups in total. The summed E-state index contributed by atoms with van der Waals surface area (Å²) in [6, 6.07) is 10.3. The highest BCUT2D eigenvalue weighted by atomic mass is 32.1. The molecule has 5 nitrogen and oxygen atoms in total. The summed E-state index contributed by atoms with van der Waals surface area (Å²) in [7, 11) is 0. The minimum atomic E-state index is 0.222. The first-order chi connectivity index (χ1) is 12.6. The molecular weight excluding hydrogens is 346 g/mol. The average molecular weight is 369 g/mol. The van der Waals surface area contributed by atoms with Crippen LogP contribution in [0.2, 0.25) is 0 Å². The first-order valence-corrected chi connectivity index (χ1v) is 9.75. The van der Waals surface area contributed by atoms with E-state index in [1.165, 1.54) is 4.88 Å². The van der Waals surface area contributed by atoms with Gasteiger partial charge in [-0.2, -0.15) is 5.10 Å². The summed E-state index contributed by atoms with van der Waals surface area (Å²) >= 11 is 1.74. The molecule has 1 aliphatic rings. The number of phenols is 1. The zero-order chi connectivity index (χ0) is 18.1. The number of nitrogens with one attached hydrogen (secondary N) is 1. The molecule has 0 saturated carbocycles. The standard InChI is InChI=1S/C20H23N3O2S/c1-3-16-10-17(22-21-16)12-23-6-7-25-20-15(11-23)8-14(9-18(20)24)19-5-4-13(2)26-19/h4-5,8-10,24H,3,6-7,11-12H2,1-2H3,(H,21,22). The number of aromatic nitrogens is 2. The van der Waals surface area contributed by atoms with Crippen molar-refractivity contribution in [3.8, 4) is 21.9 Å². The van der Waals surface area contributed by atoms with Crippen molar-refractivity contribution in [2.75, 3.05) is 13.2 Å². The minimum Gasteiger partial charge on any atom is -0.504 e. The van der Waals surface area contributed by atoms with Gasteiger partial charge in [0, 0.05) is 40.6 Å². The fourth-order valence-electron chi connectivity index (χ4n) is 3.33. The molecular formula is C20H23N3O2S. The van der Waals surface area contributed by atoms with Gasteiger partial charge >= 0.3 is 0 Å². The van der Waals surface area contributed by atoms with Crippen LogP contribution < -0.4 is 4.74 Å². The molecule has 0 fully saturated rings. The van der Waals surface area contributed by atoms with E-state index in [0.717, 1.165) is 53.4 Å². The molecule has 0 radical (unpaired) electrons. The predicted molar refractivity (Wildman–Crippen MR) is 104 cm³/mol. The molecule has 6 heteroatoms. The zero-order valence-corrected chi connectivity index (χ0v) is 15.9. The van der Waals surface area contributed by atoms with Crippen LogP contribution in [0.4, 0.5) is 0 Å². The van der Waals surface area contributed by atoms with Gasteiger partial charge in [0.15, 0.2) is 11.5 Å². The van der Waals surface area contributed by atoms with Crippen LogP contribution in [0, 0.1) is 6.92 Å². The third-order valence-corrected chi connectivity index (χ3v) is 5.71. The maximum absolute atomic E-state index is 10.5. The van der Waals surface area contributed by atoms with E-state index in [9.17, 15) is 5.11 Å². The number of aromatic hydroxyl groups is 1. The van der Waals surface area contributed by atoms with Gasteiger partial charge in [-0.05, 0) is 49.2 Å². The fourth-order valence-corrected chi connectivity index (χ4v) is 4.19. The average Bonchev–Trinajstić information content (AvgIpc) is 3.20. The molecule has 3 heterocycles. The number of phenolic OH excluding ortho intramolecular Hbond substituents is 1. The molecule has 1 aromatic carbocycles. The summed E-state index contributed by atoms with van der Waals surface area (Å²) in [5.74, 6) is 0.837. The van der Waals surface area contributed by atoms with Crippen LogP contribution in [0.3, 0.4) is 0 Å². The van der Waals surface area contributed by atoms with Crippen molar-refractivity contribution >= 4 is 11.3 Å². The number of H-pyrrole nitrogens is 1. The Hall–Kier alpha value is -2.31. The Kier molecular flexibility index (Phi) is 4.70. The minimum absolute atomic E-state index is 0.222. The summed E-state index contributed by atoms with van der Waals surface area (Å²) in [5, 5.41) is 17.9. The van der Waals surface area contributed by atoms with Crippen LogP contribution in [0.5, 0.6) is 11.5 Å². The Labute approximate surface area is 157 Å². The summed E-state index contributed by atoms with van der Waals surface area (Å²) in [6.45, 7) is 7.10. The van der Waals surface area contributed by atoms with Gasteiger partial charge in [-0.25, -0.2) is 0 Å². The Morgan fingerprint density at radius 2 is 2.19 bits per heavy atom. The van der Waals surface area contributed by atoms with Crippen molar-refractivity contribution in [2.45, 2.75) is 33.4 Å². The van der Waals surface area contributed by atoms with Gasteiger partial charge in [0.1, 0.15) is 6.61 Å². The van der Waals surface area contributed by atoms with E-state index in [1.54, 1.807) is 11.3 Å². The number of nitrogens with zero attached hydrogens (tertiary/aromatic N) is 2. The number of aryl methyl sites for hydroxylation is 2. The van der Waals surface area contributed by atoms with E-state index in [4.69, 9.17) is 4.74 Å². The number of thiophene rings is 1. The van der Waals surface area contributed by atoms with Gasteiger partial charge in [-0.1, -0.05) is 6.92 Å². The number of hydrogen-bond acceptors (Lipinski definition) is 5. The van der Waals surface area contributed by atoms with E-state index in [-0.39, 0.29) is 5.75 Å². The zero-order valence-electron chi connectivity index (χ0n) is 15.1. The van der Waals surface area contributed by atoms with E-state index in [2.05, 4.69) is 53.2 Å². The predicted octanol–water partition coefficient (Wildman–Crippen LogP) is 4.11. The van der Waals surface area contributed by atoms with Gasteiger partial charge in [-0.15, -0.1) is 11.3 Å². The summed E-state index contributed by atoms with van der Waals surface area (Å²) in [5.41, 5.74) is 4.26. The number of fused-ring (bicyclic) bond motifs is 1. The number of aromatic amines is 1. The molecule has 0 bridgehead atoms. The summed E-state index contributed by atoms with van der Waals surface area (Å²) in [6.07, 6.45) is 0.930. The van der Waals surface area contributed by atoms with E-state index in [1.807, 2.05) is 6.07 Å². The lowest BCUT2D eigenvalue weighted by atomic mass is 10.1. The molecule has 0 aliphatic carbocycles. The van der Waals surface area contributed by atoms with Gasteiger partial charge in [0.25, 0.3) is 0 Å². The molecule has 4 rings (SSSR count). The Morgan fingerprint density at radius 1 is 1.31 bits per heavy atom. The largest absolute Gasteiger partial charge is 0.504 e. The molecule has 0 spiro atoms. The lowest BCUT2D eigenvalue weighted by Crippen LogP contribution is -2.25.